The van der Waals surface area contributed by atoms with Gasteiger partial charge in [0.1, 0.15) is 0 Å². The van der Waals surface area contributed by atoms with Crippen LogP contribution in [0.15, 0.2) is 30.3 Å². The second-order valence-corrected chi connectivity index (χ2v) is 3.40. The van der Waals surface area contributed by atoms with Crippen molar-refractivity contribution in [1.82, 2.24) is 0 Å². The Labute approximate surface area is 82.2 Å². The van der Waals surface area contributed by atoms with Crippen molar-refractivity contribution in [3.8, 4) is 0 Å². The van der Waals surface area contributed by atoms with Crippen LogP contribution < -0.4 is 0 Å². The van der Waals surface area contributed by atoms with E-state index in [1.54, 1.807) is 6.08 Å². The van der Waals surface area contributed by atoms with Gasteiger partial charge in [-0.25, -0.2) is 0 Å². The molecule has 1 aromatic carbocycles. The summed E-state index contributed by atoms with van der Waals surface area (Å²) in [5.41, 5.74) is 2.14. The normalized spacial score (nSPS) is 15.3. The van der Waals surface area contributed by atoms with Gasteiger partial charge in [0.15, 0.2) is 0 Å². The fourth-order valence-corrected chi connectivity index (χ4v) is 1.80. The molecule has 3 nitrogen and oxygen atoms in total. The van der Waals surface area contributed by atoms with Gasteiger partial charge >= 0.3 is 0 Å². The summed E-state index contributed by atoms with van der Waals surface area (Å²) in [6.45, 7) is 0. The summed E-state index contributed by atoms with van der Waals surface area (Å²) in [4.78, 5) is 10.5. The minimum Gasteiger partial charge on any atom is -0.258 e. The molecule has 0 spiro atoms. The van der Waals surface area contributed by atoms with E-state index >= 15 is 0 Å². The summed E-state index contributed by atoms with van der Waals surface area (Å²) >= 11 is 0. The van der Waals surface area contributed by atoms with Gasteiger partial charge < -0.3 is 0 Å². The van der Waals surface area contributed by atoms with Crippen LogP contribution in [0.3, 0.4) is 0 Å². The molecular formula is C11H11NO2. The molecule has 14 heavy (non-hydrogen) atoms. The molecule has 0 heterocycles. The van der Waals surface area contributed by atoms with Crippen LogP contribution >= 0.6 is 0 Å². The lowest BCUT2D eigenvalue weighted by Crippen LogP contribution is -1.99. The van der Waals surface area contributed by atoms with Crippen LogP contribution in [0.5, 0.6) is 0 Å². The molecule has 0 fully saturated rings. The maximum Gasteiger partial charge on any atom is 0.272 e. The highest BCUT2D eigenvalue weighted by Crippen LogP contribution is 2.25. The fourth-order valence-electron chi connectivity index (χ4n) is 1.80. The van der Waals surface area contributed by atoms with Crippen molar-refractivity contribution in [2.45, 2.75) is 19.3 Å². The van der Waals surface area contributed by atoms with Crippen LogP contribution in [0.25, 0.3) is 5.70 Å². The van der Waals surface area contributed by atoms with Gasteiger partial charge in [0.2, 0.25) is 0 Å². The molecular weight excluding hydrogens is 178 g/mol. The van der Waals surface area contributed by atoms with Crippen LogP contribution in [0.2, 0.25) is 0 Å². The van der Waals surface area contributed by atoms with Crippen LogP contribution in [0.1, 0.15) is 24.0 Å². The fraction of sp³-hybridized carbons (Fsp3) is 0.273. The van der Waals surface area contributed by atoms with Crippen molar-refractivity contribution in [2.24, 2.45) is 0 Å². The average molecular weight is 189 g/mol. The summed E-state index contributed by atoms with van der Waals surface area (Å²) < 4.78 is 0. The van der Waals surface area contributed by atoms with E-state index in [0.29, 0.717) is 0 Å². The van der Waals surface area contributed by atoms with Crippen LogP contribution in [0, 0.1) is 10.1 Å². The minimum atomic E-state index is -0.288. The third-order valence-corrected chi connectivity index (χ3v) is 2.48. The van der Waals surface area contributed by atoms with Gasteiger partial charge in [-0.3, -0.25) is 10.1 Å². The Hall–Kier alpha value is -1.64. The Bertz CT molecular complexity index is 396. The zero-order valence-electron chi connectivity index (χ0n) is 7.77. The first kappa shape index (κ1) is 8.94. The molecule has 0 N–H and O–H groups in total. The van der Waals surface area contributed by atoms with Crippen molar-refractivity contribution in [3.05, 3.63) is 51.6 Å². The number of hydrogen-bond donors (Lipinski definition) is 0. The van der Waals surface area contributed by atoms with E-state index in [2.05, 4.69) is 0 Å². The summed E-state index contributed by atoms with van der Waals surface area (Å²) in [7, 11) is 0. The summed E-state index contributed by atoms with van der Waals surface area (Å²) in [6, 6.07) is 7.58. The van der Waals surface area contributed by atoms with E-state index < -0.39 is 0 Å². The lowest BCUT2D eigenvalue weighted by Gasteiger charge is -2.02. The number of fused-ring (bicyclic) bond motifs is 1. The van der Waals surface area contributed by atoms with E-state index in [0.717, 1.165) is 30.4 Å². The topological polar surface area (TPSA) is 43.1 Å². The third-order valence-electron chi connectivity index (χ3n) is 2.48. The van der Waals surface area contributed by atoms with Gasteiger partial charge in [-0.1, -0.05) is 18.2 Å². The SMILES string of the molecule is O=[N+]([O-])C1=CCCCc2ccccc21. The highest BCUT2D eigenvalue weighted by atomic mass is 16.6. The molecule has 0 bridgehead atoms. The summed E-state index contributed by atoms with van der Waals surface area (Å²) in [5, 5.41) is 10.8. The second-order valence-electron chi connectivity index (χ2n) is 3.40. The molecule has 1 aliphatic rings. The van der Waals surface area contributed by atoms with Crippen molar-refractivity contribution in [2.75, 3.05) is 0 Å². The molecule has 0 aromatic heterocycles. The zero-order valence-corrected chi connectivity index (χ0v) is 7.77. The molecule has 0 amide bonds. The largest absolute Gasteiger partial charge is 0.272 e. The molecule has 1 aliphatic carbocycles. The molecule has 0 unspecified atom stereocenters. The molecule has 0 atom stereocenters. The van der Waals surface area contributed by atoms with Crippen molar-refractivity contribution in [1.29, 1.82) is 0 Å². The van der Waals surface area contributed by atoms with Crippen LogP contribution in [0.4, 0.5) is 0 Å². The van der Waals surface area contributed by atoms with E-state index in [-0.39, 0.29) is 10.6 Å². The Morgan fingerprint density at radius 1 is 1.29 bits per heavy atom. The van der Waals surface area contributed by atoms with E-state index in [4.69, 9.17) is 0 Å². The number of benzene rings is 1. The Balaban J connectivity index is 2.53. The minimum absolute atomic E-state index is 0.262. The standard InChI is InChI=1S/C11H11NO2/c13-12(14)11-8-4-2-6-9-5-1-3-7-10(9)11/h1,3,5,7-8H,2,4,6H2. The Morgan fingerprint density at radius 2 is 2.07 bits per heavy atom. The van der Waals surface area contributed by atoms with Gasteiger partial charge in [-0.15, -0.1) is 0 Å². The first-order valence-corrected chi connectivity index (χ1v) is 4.72. The maximum atomic E-state index is 10.8. The van der Waals surface area contributed by atoms with Gasteiger partial charge in [0.05, 0.1) is 10.5 Å². The summed E-state index contributed by atoms with van der Waals surface area (Å²) in [5.74, 6) is 0. The van der Waals surface area contributed by atoms with Gasteiger partial charge in [0, 0.05) is 0 Å². The molecule has 0 saturated heterocycles. The van der Waals surface area contributed by atoms with Crippen molar-refractivity contribution < 1.29 is 4.92 Å². The van der Waals surface area contributed by atoms with E-state index in [1.807, 2.05) is 24.3 Å². The number of nitrogens with zero attached hydrogens (tertiary/aromatic N) is 1. The van der Waals surface area contributed by atoms with Crippen molar-refractivity contribution >= 4 is 5.70 Å². The monoisotopic (exact) mass is 189 g/mol. The molecule has 0 aliphatic heterocycles. The number of hydrogen-bond acceptors (Lipinski definition) is 2. The molecule has 2 rings (SSSR count). The van der Waals surface area contributed by atoms with Gasteiger partial charge in [0.25, 0.3) is 5.70 Å². The summed E-state index contributed by atoms with van der Waals surface area (Å²) in [6.07, 6.45) is 4.45. The molecule has 3 heteroatoms. The number of nitro groups is 1. The third kappa shape index (κ3) is 1.53. The first-order valence-electron chi connectivity index (χ1n) is 4.72. The molecule has 72 valence electrons. The Kier molecular flexibility index (Phi) is 2.31. The average Bonchev–Trinajstić information content (AvgIpc) is 2.39. The number of aryl methyl sites for hydroxylation is 1. The van der Waals surface area contributed by atoms with Gasteiger partial charge in [-0.2, -0.15) is 0 Å². The van der Waals surface area contributed by atoms with Crippen molar-refractivity contribution in [3.63, 3.8) is 0 Å². The molecule has 0 saturated carbocycles. The first-order chi connectivity index (χ1) is 6.79. The molecule has 1 aromatic rings. The highest BCUT2D eigenvalue weighted by molar-refractivity contribution is 5.62. The predicted molar refractivity (Wildman–Crippen MR) is 54.4 cm³/mol. The number of allylic oxidation sites excluding steroid dienone is 1. The lowest BCUT2D eigenvalue weighted by atomic mass is 10.0. The number of rotatable bonds is 1. The van der Waals surface area contributed by atoms with E-state index in [1.165, 1.54) is 0 Å². The molecule has 0 radical (unpaired) electrons. The predicted octanol–water partition coefficient (Wildman–Crippen LogP) is 2.64. The van der Waals surface area contributed by atoms with E-state index in [9.17, 15) is 10.1 Å². The van der Waals surface area contributed by atoms with Crippen LogP contribution in [-0.4, -0.2) is 4.92 Å². The second kappa shape index (κ2) is 3.62. The van der Waals surface area contributed by atoms with Gasteiger partial charge in [-0.05, 0) is 37.0 Å². The maximum absolute atomic E-state index is 10.8. The highest BCUT2D eigenvalue weighted by Gasteiger charge is 2.19. The lowest BCUT2D eigenvalue weighted by molar-refractivity contribution is -0.375. The smallest absolute Gasteiger partial charge is 0.258 e. The quantitative estimate of drug-likeness (QED) is 0.503. The van der Waals surface area contributed by atoms with Crippen LogP contribution in [-0.2, 0) is 6.42 Å². The Morgan fingerprint density at radius 3 is 2.86 bits per heavy atom. The zero-order chi connectivity index (χ0) is 9.97.